The highest BCUT2D eigenvalue weighted by Crippen LogP contribution is 2.12. The second-order valence-electron chi connectivity index (χ2n) is 2.44. The van der Waals surface area contributed by atoms with Crippen molar-refractivity contribution in [2.24, 2.45) is 0 Å². The van der Waals surface area contributed by atoms with Crippen LogP contribution in [-0.2, 0) is 13.0 Å². The number of nitrogens with one attached hydrogen (secondary N) is 2. The van der Waals surface area contributed by atoms with E-state index in [9.17, 15) is 4.79 Å². The first-order valence-electron chi connectivity index (χ1n) is 3.72. The molecule has 0 saturated carbocycles. The monoisotopic (exact) mass is 232 g/mol. The van der Waals surface area contributed by atoms with Gasteiger partial charge in [-0.3, -0.25) is 4.79 Å². The summed E-state index contributed by atoms with van der Waals surface area (Å²) in [7, 11) is 0. The highest BCUT2D eigenvalue weighted by molar-refractivity contribution is 7.85. The Morgan fingerprint density at radius 2 is 2.21 bits per heavy atom. The Bertz CT molecular complexity index is 338. The van der Waals surface area contributed by atoms with Gasteiger partial charge >= 0.3 is 4.87 Å². The Morgan fingerprint density at radius 1 is 1.57 bits per heavy atom. The molecule has 5 nitrogen and oxygen atoms in total. The predicted octanol–water partition coefficient (Wildman–Crippen LogP) is 0.641. The van der Waals surface area contributed by atoms with Crippen LogP contribution in [-0.4, -0.2) is 11.5 Å². The molecule has 2 heterocycles. The summed E-state index contributed by atoms with van der Waals surface area (Å²) in [6, 6.07) is 0. The van der Waals surface area contributed by atoms with Crippen molar-refractivity contribution in [3.63, 3.8) is 0 Å². The molecule has 0 aromatic carbocycles. The van der Waals surface area contributed by atoms with Gasteiger partial charge in [0, 0.05) is 30.1 Å². The maximum atomic E-state index is 10.8. The summed E-state index contributed by atoms with van der Waals surface area (Å²) < 4.78 is 0. The van der Waals surface area contributed by atoms with Gasteiger partial charge in [0.15, 0.2) is 0 Å². The molecule has 0 aliphatic carbocycles. The molecule has 0 fully saturated rings. The first kappa shape index (κ1) is 13.2. The maximum absolute atomic E-state index is 10.8. The summed E-state index contributed by atoms with van der Waals surface area (Å²) in [5, 5.41) is 11.8. The van der Waals surface area contributed by atoms with E-state index in [0.717, 1.165) is 25.2 Å². The van der Waals surface area contributed by atoms with E-state index in [0.29, 0.717) is 0 Å². The minimum atomic E-state index is 0. The van der Waals surface area contributed by atoms with Gasteiger partial charge in [-0.2, -0.15) is 5.26 Å². The molecule has 0 spiro atoms. The molecule has 0 unspecified atom stereocenters. The van der Waals surface area contributed by atoms with E-state index in [1.165, 1.54) is 21.6 Å². The number of thiocyanates is 1. The topological polar surface area (TPSA) is 104 Å². The summed E-state index contributed by atoms with van der Waals surface area (Å²) >= 11 is 4.41. The smallest absolute Gasteiger partial charge is 0.304 e. The molecule has 2 rings (SSSR count). The zero-order valence-corrected chi connectivity index (χ0v) is 9.25. The minimum absolute atomic E-state index is 0. The molecule has 0 saturated heterocycles. The molecular formula is C7H12N4OS2. The number of nitrogens with zero attached hydrogens (tertiary/aromatic N) is 1. The largest absolute Gasteiger partial charge is 0.344 e. The average Bonchev–Trinajstić information content (AvgIpc) is 2.45. The molecule has 0 bridgehead atoms. The van der Waals surface area contributed by atoms with E-state index in [-0.39, 0.29) is 11.0 Å². The Kier molecular flexibility index (Phi) is 6.23. The van der Waals surface area contributed by atoms with Crippen molar-refractivity contribution in [1.29, 1.82) is 5.26 Å². The van der Waals surface area contributed by atoms with Gasteiger partial charge in [-0.05, 0) is 0 Å². The number of thiazole rings is 1. The van der Waals surface area contributed by atoms with E-state index in [4.69, 9.17) is 5.26 Å². The maximum Gasteiger partial charge on any atom is 0.304 e. The lowest BCUT2D eigenvalue weighted by Crippen LogP contribution is -2.22. The number of aromatic amines is 1. The van der Waals surface area contributed by atoms with Gasteiger partial charge in [-0.25, -0.2) is 0 Å². The second kappa shape index (κ2) is 6.62. The first-order chi connectivity index (χ1) is 6.27. The molecule has 0 atom stereocenters. The molecule has 0 amide bonds. The molecule has 1 aromatic rings. The number of nitriles is 1. The summed E-state index contributed by atoms with van der Waals surface area (Å²) in [4.78, 5) is 14.9. The van der Waals surface area contributed by atoms with E-state index in [1.54, 1.807) is 0 Å². The fraction of sp³-hybridized carbons (Fsp3) is 0.429. The summed E-state index contributed by atoms with van der Waals surface area (Å²) in [6.07, 6.45) is 0.966. The standard InChI is InChI=1S/C6H8N2OS.CHNS.H3N/c9-6-8-4-1-2-7-3-5(4)10-6;2-1-3;/h7H,1-3H2,(H,8,9);3H;1H3. The van der Waals surface area contributed by atoms with E-state index < -0.39 is 0 Å². The fourth-order valence-corrected chi connectivity index (χ4v) is 2.00. The Balaban J connectivity index is 0.000000381. The lowest BCUT2D eigenvalue weighted by atomic mass is 10.2. The van der Waals surface area contributed by atoms with Gasteiger partial charge in [-0.15, -0.1) is 0 Å². The predicted molar refractivity (Wildman–Crippen MR) is 60.0 cm³/mol. The lowest BCUT2D eigenvalue weighted by molar-refractivity contribution is 0.643. The number of aromatic nitrogens is 1. The molecule has 1 aliphatic heterocycles. The Morgan fingerprint density at radius 3 is 2.79 bits per heavy atom. The van der Waals surface area contributed by atoms with Crippen molar-refractivity contribution in [2.75, 3.05) is 6.54 Å². The number of fused-ring (bicyclic) bond motifs is 1. The highest BCUT2D eigenvalue weighted by Gasteiger charge is 2.10. The Hall–Kier alpha value is -0.810. The minimum Gasteiger partial charge on any atom is -0.344 e. The van der Waals surface area contributed by atoms with Crippen LogP contribution in [0.3, 0.4) is 0 Å². The zero-order valence-electron chi connectivity index (χ0n) is 7.54. The van der Waals surface area contributed by atoms with Crippen LogP contribution in [0.25, 0.3) is 0 Å². The first-order valence-corrected chi connectivity index (χ1v) is 4.99. The van der Waals surface area contributed by atoms with Gasteiger partial charge in [0.25, 0.3) is 0 Å². The van der Waals surface area contributed by atoms with Gasteiger partial charge in [0.2, 0.25) is 0 Å². The Labute approximate surface area is 91.1 Å². The molecule has 1 aromatic heterocycles. The molecule has 7 heteroatoms. The van der Waals surface area contributed by atoms with Crippen LogP contribution in [0.2, 0.25) is 0 Å². The normalized spacial score (nSPS) is 12.6. The van der Waals surface area contributed by atoms with Crippen LogP contribution < -0.4 is 16.3 Å². The number of rotatable bonds is 0. The van der Waals surface area contributed by atoms with Crippen molar-refractivity contribution in [2.45, 2.75) is 13.0 Å². The van der Waals surface area contributed by atoms with Crippen molar-refractivity contribution >= 4 is 24.0 Å². The van der Waals surface area contributed by atoms with Crippen LogP contribution >= 0.6 is 24.0 Å². The van der Waals surface area contributed by atoms with E-state index in [2.05, 4.69) is 22.9 Å². The van der Waals surface area contributed by atoms with Gasteiger partial charge in [0.1, 0.15) is 5.40 Å². The molecule has 0 radical (unpaired) electrons. The van der Waals surface area contributed by atoms with Crippen LogP contribution in [0.5, 0.6) is 0 Å². The van der Waals surface area contributed by atoms with Gasteiger partial charge < -0.3 is 16.5 Å². The number of hydrogen-bond acceptors (Lipinski definition) is 6. The van der Waals surface area contributed by atoms with E-state index in [1.807, 2.05) is 0 Å². The van der Waals surface area contributed by atoms with Crippen molar-refractivity contribution < 1.29 is 0 Å². The van der Waals surface area contributed by atoms with Crippen LogP contribution in [0, 0.1) is 10.7 Å². The van der Waals surface area contributed by atoms with Crippen LogP contribution in [0.15, 0.2) is 4.79 Å². The highest BCUT2D eigenvalue weighted by atomic mass is 32.1. The van der Waals surface area contributed by atoms with Gasteiger partial charge in [0.05, 0.1) is 0 Å². The average molecular weight is 232 g/mol. The third-order valence-corrected chi connectivity index (χ3v) is 2.57. The molecule has 14 heavy (non-hydrogen) atoms. The third-order valence-electron chi connectivity index (χ3n) is 1.64. The van der Waals surface area contributed by atoms with Crippen LogP contribution in [0.4, 0.5) is 0 Å². The molecule has 1 aliphatic rings. The van der Waals surface area contributed by atoms with Crippen LogP contribution in [0.1, 0.15) is 10.6 Å². The summed E-state index contributed by atoms with van der Waals surface area (Å²) in [5.74, 6) is 0. The summed E-state index contributed by atoms with van der Waals surface area (Å²) in [5.41, 5.74) is 1.13. The number of hydrogen-bond donors (Lipinski definition) is 4. The molecule has 5 N–H and O–H groups in total. The van der Waals surface area contributed by atoms with Crippen molar-refractivity contribution in [3.8, 4) is 5.40 Å². The number of H-pyrrole nitrogens is 1. The van der Waals surface area contributed by atoms with Crippen molar-refractivity contribution in [3.05, 3.63) is 20.2 Å². The lowest BCUT2D eigenvalue weighted by Gasteiger charge is -2.09. The third kappa shape index (κ3) is 3.51. The van der Waals surface area contributed by atoms with Crippen molar-refractivity contribution in [1.82, 2.24) is 16.5 Å². The molecule has 78 valence electrons. The molecular weight excluding hydrogens is 220 g/mol. The van der Waals surface area contributed by atoms with Gasteiger partial charge in [-0.1, -0.05) is 24.0 Å². The quantitative estimate of drug-likeness (QED) is 0.389. The summed E-state index contributed by atoms with van der Waals surface area (Å²) in [6.45, 7) is 1.85. The zero-order chi connectivity index (χ0) is 9.68. The SMILES string of the molecule is N.N#CS.O=c1[nH]c2c(s1)CNCC2. The number of thiol groups is 1. The van der Waals surface area contributed by atoms with E-state index >= 15 is 0 Å². The second-order valence-corrected chi connectivity index (χ2v) is 3.71. The fourth-order valence-electron chi connectivity index (χ4n) is 1.15.